The van der Waals surface area contributed by atoms with Crippen molar-refractivity contribution in [1.82, 2.24) is 14.9 Å². The van der Waals surface area contributed by atoms with E-state index in [0.717, 1.165) is 28.3 Å². The van der Waals surface area contributed by atoms with Gasteiger partial charge in [0.15, 0.2) is 5.11 Å². The van der Waals surface area contributed by atoms with E-state index < -0.39 is 0 Å². The molecule has 166 valence electrons. The largest absolute Gasteiger partial charge is 0.506 e. The van der Waals surface area contributed by atoms with Gasteiger partial charge in [-0.25, -0.2) is 0 Å². The molecule has 0 amide bonds. The minimum Gasteiger partial charge on any atom is -0.506 e. The predicted molar refractivity (Wildman–Crippen MR) is 136 cm³/mol. The molecule has 0 unspecified atom stereocenters. The predicted octanol–water partition coefficient (Wildman–Crippen LogP) is 5.68. The smallest absolute Gasteiger partial charge is 0.174 e. The Morgan fingerprint density at radius 1 is 0.909 bits per heavy atom. The summed E-state index contributed by atoms with van der Waals surface area (Å²) < 4.78 is 2.30. The number of aromatic hydroxyl groups is 1. The summed E-state index contributed by atoms with van der Waals surface area (Å²) in [7, 11) is 0. The summed E-state index contributed by atoms with van der Waals surface area (Å²) in [6.07, 6.45) is 1.80. The summed E-state index contributed by atoms with van der Waals surface area (Å²) in [5.41, 5.74) is 7.39. The Labute approximate surface area is 199 Å². The number of nitrogens with one attached hydrogen (secondary N) is 1. The fourth-order valence-electron chi connectivity index (χ4n) is 4.87. The van der Waals surface area contributed by atoms with Crippen LogP contribution in [0.1, 0.15) is 40.3 Å². The zero-order chi connectivity index (χ0) is 23.1. The molecule has 1 aliphatic rings. The lowest BCUT2D eigenvalue weighted by atomic mass is 9.96. The highest BCUT2D eigenvalue weighted by Crippen LogP contribution is 2.45. The van der Waals surface area contributed by atoms with Crippen LogP contribution in [-0.2, 0) is 0 Å². The average Bonchev–Trinajstić information content (AvgIpc) is 3.30. The van der Waals surface area contributed by atoms with Crippen LogP contribution in [0.4, 0.5) is 5.69 Å². The van der Waals surface area contributed by atoms with Crippen LogP contribution in [0.15, 0.2) is 79.0 Å². The summed E-state index contributed by atoms with van der Waals surface area (Å²) in [6, 6.07) is 23.5. The number of phenolic OH excluding ortho intramolecular Hbond substituents is 1. The first-order chi connectivity index (χ1) is 16.0. The van der Waals surface area contributed by atoms with Gasteiger partial charge in [0.05, 0.1) is 23.5 Å². The van der Waals surface area contributed by atoms with Gasteiger partial charge < -0.3 is 19.9 Å². The lowest BCUT2D eigenvalue weighted by molar-refractivity contribution is 0.472. The first kappa shape index (κ1) is 21.2. The van der Waals surface area contributed by atoms with Crippen molar-refractivity contribution in [3.8, 4) is 11.4 Å². The molecule has 6 heteroatoms. The lowest BCUT2D eigenvalue weighted by Crippen LogP contribution is -2.29. The molecule has 33 heavy (non-hydrogen) atoms. The maximum atomic E-state index is 10.7. The number of aromatic nitrogens is 2. The van der Waals surface area contributed by atoms with Crippen LogP contribution in [0.3, 0.4) is 0 Å². The number of rotatable bonds is 4. The second kappa shape index (κ2) is 8.37. The van der Waals surface area contributed by atoms with Crippen molar-refractivity contribution in [2.75, 3.05) is 4.90 Å². The van der Waals surface area contributed by atoms with Crippen LogP contribution in [0, 0.1) is 20.8 Å². The van der Waals surface area contributed by atoms with E-state index in [4.69, 9.17) is 12.2 Å². The Kier molecular flexibility index (Phi) is 5.38. The highest BCUT2D eigenvalue weighted by atomic mass is 32.1. The first-order valence-corrected chi connectivity index (χ1v) is 11.4. The first-order valence-electron chi connectivity index (χ1n) is 11.0. The molecule has 1 aliphatic heterocycles. The molecule has 0 saturated carbocycles. The maximum Gasteiger partial charge on any atom is 0.174 e. The van der Waals surface area contributed by atoms with E-state index in [1.807, 2.05) is 41.3 Å². The zero-order valence-electron chi connectivity index (χ0n) is 18.9. The van der Waals surface area contributed by atoms with Gasteiger partial charge in [-0.1, -0.05) is 36.4 Å². The third kappa shape index (κ3) is 3.56. The zero-order valence-corrected chi connectivity index (χ0v) is 19.7. The Morgan fingerprint density at radius 2 is 1.61 bits per heavy atom. The summed E-state index contributed by atoms with van der Waals surface area (Å²) in [5.74, 6) is 0.195. The van der Waals surface area contributed by atoms with Crippen molar-refractivity contribution in [1.29, 1.82) is 0 Å². The van der Waals surface area contributed by atoms with Crippen LogP contribution < -0.4 is 10.2 Å². The van der Waals surface area contributed by atoms with Crippen LogP contribution in [-0.4, -0.2) is 19.8 Å². The second-order valence-electron chi connectivity index (χ2n) is 8.43. The molecule has 4 aromatic rings. The van der Waals surface area contributed by atoms with Gasteiger partial charge in [0.25, 0.3) is 0 Å². The molecule has 1 fully saturated rings. The van der Waals surface area contributed by atoms with Gasteiger partial charge in [-0.05, 0) is 80.5 Å². The second-order valence-corrected chi connectivity index (χ2v) is 8.82. The Bertz CT molecular complexity index is 1330. The number of anilines is 1. The molecule has 2 aromatic carbocycles. The molecule has 5 rings (SSSR count). The van der Waals surface area contributed by atoms with Crippen LogP contribution in [0.5, 0.6) is 5.75 Å². The van der Waals surface area contributed by atoms with E-state index in [1.165, 1.54) is 5.56 Å². The van der Waals surface area contributed by atoms with E-state index in [0.29, 0.717) is 10.8 Å². The third-order valence-corrected chi connectivity index (χ3v) is 6.70. The highest BCUT2D eigenvalue weighted by molar-refractivity contribution is 7.80. The van der Waals surface area contributed by atoms with E-state index in [9.17, 15) is 5.11 Å². The number of para-hydroxylation sites is 3. The number of phenols is 1. The molecular weight excluding hydrogens is 428 g/mol. The maximum absolute atomic E-state index is 10.7. The molecule has 2 atom stereocenters. The van der Waals surface area contributed by atoms with E-state index in [1.54, 1.807) is 12.3 Å². The van der Waals surface area contributed by atoms with Crippen LogP contribution in [0.25, 0.3) is 5.69 Å². The molecule has 0 bridgehead atoms. The monoisotopic (exact) mass is 454 g/mol. The van der Waals surface area contributed by atoms with Gasteiger partial charge in [-0.3, -0.25) is 4.98 Å². The molecule has 3 heterocycles. The van der Waals surface area contributed by atoms with Crippen molar-refractivity contribution in [3.63, 3.8) is 0 Å². The van der Waals surface area contributed by atoms with Gasteiger partial charge in [-0.2, -0.15) is 0 Å². The topological polar surface area (TPSA) is 53.3 Å². The Balaban J connectivity index is 1.71. The Morgan fingerprint density at radius 3 is 2.30 bits per heavy atom. The fraction of sp³-hybridized carbons (Fsp3) is 0.185. The number of nitrogens with zero attached hydrogens (tertiary/aromatic N) is 3. The SMILES string of the molecule is Cc1ccccc1-n1c(C)cc([C@H]2[C@@H](c3ccccn3)NC(=S)N2c2ccccc2O)c1C. The molecule has 0 aliphatic carbocycles. The number of thiocarbonyl (C=S) groups is 1. The fourth-order valence-corrected chi connectivity index (χ4v) is 5.21. The quantitative estimate of drug-likeness (QED) is 0.389. The number of hydrogen-bond acceptors (Lipinski definition) is 3. The minimum atomic E-state index is -0.176. The third-order valence-electron chi connectivity index (χ3n) is 6.38. The molecule has 5 nitrogen and oxygen atoms in total. The molecule has 1 saturated heterocycles. The number of hydrogen-bond donors (Lipinski definition) is 2. The lowest BCUT2D eigenvalue weighted by Gasteiger charge is -2.28. The number of pyridine rings is 1. The molecule has 2 N–H and O–H groups in total. The average molecular weight is 455 g/mol. The van der Waals surface area contributed by atoms with Crippen LogP contribution in [0.2, 0.25) is 0 Å². The minimum absolute atomic E-state index is 0.163. The van der Waals surface area contributed by atoms with Crippen molar-refractivity contribution in [2.45, 2.75) is 32.9 Å². The standard InChI is InChI=1S/C27H26N4OS/c1-17-10-4-5-12-22(17)30-18(2)16-20(19(30)3)26-25(21-11-8-9-15-28-21)29-27(33)31(26)23-13-6-7-14-24(23)32/h4-16,25-26,32H,1-3H3,(H,29,33)/t25-,26+/m1/s1. The molecule has 0 radical (unpaired) electrons. The van der Waals surface area contributed by atoms with Gasteiger partial charge in [0, 0.05) is 23.3 Å². The number of aryl methyl sites for hydroxylation is 2. The highest BCUT2D eigenvalue weighted by Gasteiger charge is 2.43. The van der Waals surface area contributed by atoms with Gasteiger partial charge in [0.2, 0.25) is 0 Å². The Hall–Kier alpha value is -3.64. The van der Waals surface area contributed by atoms with Crippen molar-refractivity contribution < 1.29 is 5.11 Å². The summed E-state index contributed by atoms with van der Waals surface area (Å²) in [5, 5.41) is 14.7. The van der Waals surface area contributed by atoms with E-state index in [2.05, 4.69) is 66.0 Å². The van der Waals surface area contributed by atoms with Gasteiger partial charge in [-0.15, -0.1) is 0 Å². The van der Waals surface area contributed by atoms with Crippen molar-refractivity contribution in [2.24, 2.45) is 0 Å². The summed E-state index contributed by atoms with van der Waals surface area (Å²) >= 11 is 5.80. The summed E-state index contributed by atoms with van der Waals surface area (Å²) in [4.78, 5) is 6.66. The van der Waals surface area contributed by atoms with Crippen molar-refractivity contribution >= 4 is 23.0 Å². The molecule has 2 aromatic heterocycles. The number of benzene rings is 2. The van der Waals surface area contributed by atoms with Crippen LogP contribution >= 0.6 is 12.2 Å². The van der Waals surface area contributed by atoms with E-state index >= 15 is 0 Å². The van der Waals surface area contributed by atoms with Crippen molar-refractivity contribution in [3.05, 3.63) is 107 Å². The summed E-state index contributed by atoms with van der Waals surface area (Å²) in [6.45, 7) is 6.41. The normalized spacial score (nSPS) is 17.9. The van der Waals surface area contributed by atoms with E-state index in [-0.39, 0.29) is 17.8 Å². The molecule has 0 spiro atoms. The van der Waals surface area contributed by atoms with Gasteiger partial charge in [0.1, 0.15) is 5.75 Å². The molecular formula is C27H26N4OS. The van der Waals surface area contributed by atoms with Gasteiger partial charge >= 0.3 is 0 Å².